The molecule has 0 saturated carbocycles. The summed E-state index contributed by atoms with van der Waals surface area (Å²) in [6, 6.07) is 13.6. The van der Waals surface area contributed by atoms with Crippen molar-refractivity contribution in [2.24, 2.45) is 0 Å². The van der Waals surface area contributed by atoms with Gasteiger partial charge in [0.1, 0.15) is 6.54 Å². The quantitative estimate of drug-likeness (QED) is 0.520. The van der Waals surface area contributed by atoms with Crippen molar-refractivity contribution in [3.63, 3.8) is 0 Å². The number of nitrogens with zero attached hydrogens (tertiary/aromatic N) is 2. The number of para-hydroxylation sites is 1. The van der Waals surface area contributed by atoms with Gasteiger partial charge in [-0.2, -0.15) is 0 Å². The maximum atomic E-state index is 13.4. The maximum absolute atomic E-state index is 13.4. The number of esters is 1. The second-order valence-electron chi connectivity index (χ2n) is 8.25. The van der Waals surface area contributed by atoms with Crippen LogP contribution in [0.1, 0.15) is 36.0 Å². The second kappa shape index (κ2) is 10.7. The van der Waals surface area contributed by atoms with Gasteiger partial charge in [0, 0.05) is 23.7 Å². The highest BCUT2D eigenvalue weighted by Gasteiger charge is 2.40. The van der Waals surface area contributed by atoms with E-state index in [1.807, 2.05) is 12.1 Å². The van der Waals surface area contributed by atoms with E-state index in [-0.39, 0.29) is 18.4 Å². The molecule has 3 amide bonds. The van der Waals surface area contributed by atoms with Gasteiger partial charge in [-0.1, -0.05) is 25.0 Å². The van der Waals surface area contributed by atoms with Gasteiger partial charge in [-0.25, -0.2) is 4.79 Å². The normalized spacial score (nSPS) is 18.0. The number of rotatable bonds is 5. The minimum absolute atomic E-state index is 0.185. The summed E-state index contributed by atoms with van der Waals surface area (Å²) < 4.78 is 4.68. The third kappa shape index (κ3) is 5.25. The Morgan fingerprint density at radius 1 is 1.00 bits per heavy atom. The zero-order valence-corrected chi connectivity index (χ0v) is 19.8. The molecule has 2 heterocycles. The lowest BCUT2D eigenvalue weighted by atomic mass is 10.2. The first-order valence-corrected chi connectivity index (χ1v) is 12.2. The lowest BCUT2D eigenvalue weighted by Gasteiger charge is -2.34. The Morgan fingerprint density at radius 3 is 2.35 bits per heavy atom. The first-order valence-electron chi connectivity index (χ1n) is 11.3. The van der Waals surface area contributed by atoms with Crippen molar-refractivity contribution in [1.29, 1.82) is 0 Å². The van der Waals surface area contributed by atoms with Gasteiger partial charge in [0.05, 0.1) is 18.4 Å². The Bertz CT molecular complexity index is 1080. The van der Waals surface area contributed by atoms with E-state index in [2.05, 4.69) is 10.1 Å². The van der Waals surface area contributed by atoms with E-state index >= 15 is 0 Å². The molecule has 9 heteroatoms. The maximum Gasteiger partial charge on any atom is 0.337 e. The first kappa shape index (κ1) is 23.8. The van der Waals surface area contributed by atoms with Crippen LogP contribution in [-0.2, 0) is 19.1 Å². The number of carbonyl (C=O) groups excluding carboxylic acids is 4. The number of fused-ring (bicyclic) bond motifs is 1. The van der Waals surface area contributed by atoms with Gasteiger partial charge in [-0.05, 0) is 49.2 Å². The molecule has 0 aromatic heterocycles. The van der Waals surface area contributed by atoms with Crippen molar-refractivity contribution < 1.29 is 23.9 Å². The highest BCUT2D eigenvalue weighted by molar-refractivity contribution is 8.01. The average molecular weight is 482 g/mol. The number of anilines is 2. The Kier molecular flexibility index (Phi) is 7.52. The zero-order chi connectivity index (χ0) is 24.1. The summed E-state index contributed by atoms with van der Waals surface area (Å²) in [6.07, 6.45) is 4.06. The number of likely N-dealkylation sites (tertiary alicyclic amines) is 1. The number of ether oxygens (including phenoxy) is 1. The number of carbonyl (C=O) groups is 4. The monoisotopic (exact) mass is 481 g/mol. The van der Waals surface area contributed by atoms with Crippen LogP contribution in [0, 0.1) is 0 Å². The summed E-state index contributed by atoms with van der Waals surface area (Å²) in [6.45, 7) is 1.10. The fourth-order valence-corrected chi connectivity index (χ4v) is 5.33. The molecular weight excluding hydrogens is 454 g/mol. The van der Waals surface area contributed by atoms with E-state index in [9.17, 15) is 19.2 Å². The van der Waals surface area contributed by atoms with E-state index in [1.165, 1.54) is 23.8 Å². The molecule has 2 aliphatic heterocycles. The van der Waals surface area contributed by atoms with Crippen LogP contribution in [0.5, 0.6) is 0 Å². The number of nitrogens with one attached hydrogen (secondary N) is 1. The molecule has 2 aromatic carbocycles. The molecule has 2 aromatic rings. The summed E-state index contributed by atoms with van der Waals surface area (Å²) in [5.74, 6) is -1.43. The minimum atomic E-state index is -0.903. The summed E-state index contributed by atoms with van der Waals surface area (Å²) in [4.78, 5) is 55.1. The predicted molar refractivity (Wildman–Crippen MR) is 130 cm³/mol. The number of amides is 3. The molecule has 0 bridgehead atoms. The Hall–Kier alpha value is -3.33. The largest absolute Gasteiger partial charge is 0.465 e. The van der Waals surface area contributed by atoms with Crippen LogP contribution in [-0.4, -0.2) is 60.6 Å². The number of methoxy groups -OCH3 is 1. The van der Waals surface area contributed by atoms with Gasteiger partial charge in [-0.3, -0.25) is 14.4 Å². The van der Waals surface area contributed by atoms with Crippen molar-refractivity contribution in [1.82, 2.24) is 4.90 Å². The van der Waals surface area contributed by atoms with Crippen LogP contribution in [0.15, 0.2) is 53.4 Å². The molecule has 1 N–H and O–H groups in total. The smallest absolute Gasteiger partial charge is 0.337 e. The first-order chi connectivity index (χ1) is 16.5. The van der Waals surface area contributed by atoms with E-state index in [4.69, 9.17) is 0 Å². The fourth-order valence-electron chi connectivity index (χ4n) is 4.15. The minimum Gasteiger partial charge on any atom is -0.465 e. The SMILES string of the molecule is COC(=O)c1ccc(NC(=O)CN2C(=O)[C@@H](C(=O)N3CCCCCC3)Sc3ccccc32)cc1. The molecule has 1 saturated heterocycles. The molecular formula is C25H27N3O5S. The molecule has 0 radical (unpaired) electrons. The lowest BCUT2D eigenvalue weighted by molar-refractivity contribution is -0.135. The van der Waals surface area contributed by atoms with Crippen LogP contribution in [0.4, 0.5) is 11.4 Å². The summed E-state index contributed by atoms with van der Waals surface area (Å²) >= 11 is 1.26. The van der Waals surface area contributed by atoms with Gasteiger partial charge in [0.2, 0.25) is 11.8 Å². The van der Waals surface area contributed by atoms with Crippen molar-refractivity contribution in [2.45, 2.75) is 35.8 Å². The molecule has 178 valence electrons. The predicted octanol–water partition coefficient (Wildman–Crippen LogP) is 3.32. The number of hydrogen-bond acceptors (Lipinski definition) is 6. The number of hydrogen-bond donors (Lipinski definition) is 1. The van der Waals surface area contributed by atoms with Crippen molar-refractivity contribution in [3.8, 4) is 0 Å². The summed E-state index contributed by atoms with van der Waals surface area (Å²) in [7, 11) is 1.30. The van der Waals surface area contributed by atoms with Gasteiger partial charge >= 0.3 is 5.97 Å². The van der Waals surface area contributed by atoms with Crippen LogP contribution in [0.25, 0.3) is 0 Å². The van der Waals surface area contributed by atoms with Crippen LogP contribution >= 0.6 is 11.8 Å². The van der Waals surface area contributed by atoms with Gasteiger partial charge < -0.3 is 19.9 Å². The number of benzene rings is 2. The lowest BCUT2D eigenvalue weighted by Crippen LogP contribution is -2.51. The van der Waals surface area contributed by atoms with Gasteiger partial charge in [0.25, 0.3) is 5.91 Å². The van der Waals surface area contributed by atoms with E-state index < -0.39 is 17.1 Å². The average Bonchev–Trinajstić information content (AvgIpc) is 3.15. The molecule has 2 aliphatic rings. The standard InChI is InChI=1S/C25H27N3O5S/c1-33-25(32)17-10-12-18(13-11-17)26-21(29)16-28-19-8-4-5-9-20(19)34-22(24(28)31)23(30)27-14-6-2-3-7-15-27/h4-5,8-13,22H,2-3,6-7,14-16H2,1H3,(H,26,29)/t22-/m1/s1. The highest BCUT2D eigenvalue weighted by atomic mass is 32.2. The number of thioether (sulfide) groups is 1. The third-order valence-corrected chi connectivity index (χ3v) is 7.16. The molecule has 0 aliphatic carbocycles. The molecule has 8 nitrogen and oxygen atoms in total. The van der Waals surface area contributed by atoms with Crippen molar-refractivity contribution in [3.05, 3.63) is 54.1 Å². The zero-order valence-electron chi connectivity index (χ0n) is 19.0. The molecule has 1 fully saturated rings. The summed E-state index contributed by atoms with van der Waals surface area (Å²) in [5.41, 5.74) is 1.48. The summed E-state index contributed by atoms with van der Waals surface area (Å²) in [5, 5.41) is 1.85. The van der Waals surface area contributed by atoms with Gasteiger partial charge in [0.15, 0.2) is 5.25 Å². The Labute approximate surface area is 202 Å². The van der Waals surface area contributed by atoms with E-state index in [0.29, 0.717) is 30.0 Å². The van der Waals surface area contributed by atoms with Crippen LogP contribution < -0.4 is 10.2 Å². The third-order valence-electron chi connectivity index (χ3n) is 5.92. The fraction of sp³-hybridized carbons (Fsp3) is 0.360. The molecule has 4 rings (SSSR count). The molecule has 0 unspecified atom stereocenters. The van der Waals surface area contributed by atoms with E-state index in [1.54, 1.807) is 41.3 Å². The van der Waals surface area contributed by atoms with Crippen molar-refractivity contribution in [2.75, 3.05) is 37.0 Å². The van der Waals surface area contributed by atoms with Crippen LogP contribution in [0.2, 0.25) is 0 Å². The Balaban J connectivity index is 1.50. The van der Waals surface area contributed by atoms with Crippen molar-refractivity contribution >= 4 is 46.8 Å². The highest BCUT2D eigenvalue weighted by Crippen LogP contribution is 2.39. The van der Waals surface area contributed by atoms with Crippen LogP contribution in [0.3, 0.4) is 0 Å². The van der Waals surface area contributed by atoms with Gasteiger partial charge in [-0.15, -0.1) is 11.8 Å². The second-order valence-corrected chi connectivity index (χ2v) is 9.39. The van der Waals surface area contributed by atoms with E-state index in [0.717, 1.165) is 30.6 Å². The molecule has 0 spiro atoms. The molecule has 1 atom stereocenters. The Morgan fingerprint density at radius 2 is 1.68 bits per heavy atom. The molecule has 34 heavy (non-hydrogen) atoms. The topological polar surface area (TPSA) is 96.0 Å².